The molecule has 1 aromatic rings. The fraction of sp³-hybridized carbons (Fsp3) is 0.619. The van der Waals surface area contributed by atoms with Crippen LogP contribution < -0.4 is 5.32 Å². The maximum Gasteiger partial charge on any atom is 0.338 e. The molecule has 4 saturated carbocycles. The summed E-state index contributed by atoms with van der Waals surface area (Å²) in [6.07, 6.45) is 7.01. The Bertz CT molecular complexity index is 872. The number of hydrogen-bond donors (Lipinski definition) is 1. The van der Waals surface area contributed by atoms with Gasteiger partial charge in [0.15, 0.2) is 6.61 Å². The van der Waals surface area contributed by atoms with E-state index in [2.05, 4.69) is 5.32 Å². The summed E-state index contributed by atoms with van der Waals surface area (Å²) in [6, 6.07) is 5.52. The van der Waals surface area contributed by atoms with Crippen LogP contribution in [0.3, 0.4) is 0 Å². The molecule has 29 heavy (non-hydrogen) atoms. The highest BCUT2D eigenvalue weighted by atomic mass is 32.2. The van der Waals surface area contributed by atoms with Gasteiger partial charge in [-0.1, -0.05) is 0 Å². The first-order chi connectivity index (χ1) is 13.7. The minimum atomic E-state index is -3.55. The number of carbonyl (C=O) groups is 2. The van der Waals surface area contributed by atoms with Crippen LogP contribution in [0, 0.1) is 17.8 Å². The predicted octanol–water partition coefficient (Wildman–Crippen LogP) is 2.18. The lowest BCUT2D eigenvalue weighted by molar-refractivity contribution is -0.130. The molecule has 7 nitrogen and oxygen atoms in total. The van der Waals surface area contributed by atoms with Crippen LogP contribution in [0.15, 0.2) is 29.2 Å². The maximum absolute atomic E-state index is 12.5. The van der Waals surface area contributed by atoms with Gasteiger partial charge >= 0.3 is 5.97 Å². The zero-order valence-electron chi connectivity index (χ0n) is 16.9. The molecule has 0 heterocycles. The lowest BCUT2D eigenvalue weighted by Crippen LogP contribution is -2.60. The molecule has 0 aromatic heterocycles. The molecule has 158 valence electrons. The number of rotatable bonds is 6. The van der Waals surface area contributed by atoms with E-state index in [4.69, 9.17) is 4.74 Å². The normalized spacial score (nSPS) is 30.4. The van der Waals surface area contributed by atoms with Crippen LogP contribution in [-0.4, -0.2) is 50.8 Å². The summed E-state index contributed by atoms with van der Waals surface area (Å²) >= 11 is 0. The van der Waals surface area contributed by atoms with E-state index in [1.807, 2.05) is 0 Å². The molecule has 0 unspecified atom stereocenters. The highest BCUT2D eigenvalue weighted by Crippen LogP contribution is 2.55. The fourth-order valence-corrected chi connectivity index (χ4v) is 6.69. The molecule has 0 saturated heterocycles. The molecule has 4 bridgehead atoms. The van der Waals surface area contributed by atoms with Crippen LogP contribution in [0.4, 0.5) is 0 Å². The van der Waals surface area contributed by atoms with Crippen LogP contribution in [0.1, 0.15) is 48.9 Å². The van der Waals surface area contributed by atoms with Gasteiger partial charge in [-0.05, 0) is 80.5 Å². The Morgan fingerprint density at radius 1 is 1.03 bits per heavy atom. The van der Waals surface area contributed by atoms with Gasteiger partial charge in [-0.15, -0.1) is 0 Å². The topological polar surface area (TPSA) is 92.8 Å². The summed E-state index contributed by atoms with van der Waals surface area (Å²) < 4.78 is 30.4. The molecular formula is C21H28N2O5S. The number of sulfonamides is 1. The van der Waals surface area contributed by atoms with Crippen molar-refractivity contribution in [3.05, 3.63) is 29.8 Å². The molecule has 0 atom stereocenters. The molecule has 8 heteroatoms. The number of benzene rings is 1. The monoisotopic (exact) mass is 420 g/mol. The molecular weight excluding hydrogens is 392 g/mol. The van der Waals surface area contributed by atoms with E-state index in [9.17, 15) is 18.0 Å². The maximum atomic E-state index is 12.5. The first-order valence-corrected chi connectivity index (χ1v) is 11.6. The molecule has 4 aliphatic carbocycles. The van der Waals surface area contributed by atoms with Crippen molar-refractivity contribution in [2.45, 2.75) is 49.0 Å². The predicted molar refractivity (Wildman–Crippen MR) is 107 cm³/mol. The summed E-state index contributed by atoms with van der Waals surface area (Å²) in [4.78, 5) is 24.8. The second-order valence-electron chi connectivity index (χ2n) is 9.13. The van der Waals surface area contributed by atoms with Crippen molar-refractivity contribution in [2.24, 2.45) is 17.8 Å². The van der Waals surface area contributed by atoms with Gasteiger partial charge in [0, 0.05) is 19.6 Å². The molecule has 1 N–H and O–H groups in total. The summed E-state index contributed by atoms with van der Waals surface area (Å²) in [6.45, 7) is -0.321. The quantitative estimate of drug-likeness (QED) is 0.712. The fourth-order valence-electron chi connectivity index (χ4n) is 5.78. The van der Waals surface area contributed by atoms with Crippen molar-refractivity contribution in [2.75, 3.05) is 20.7 Å². The Labute approximate surface area is 171 Å². The van der Waals surface area contributed by atoms with Gasteiger partial charge in [0.2, 0.25) is 10.0 Å². The van der Waals surface area contributed by atoms with Gasteiger partial charge < -0.3 is 10.1 Å². The Morgan fingerprint density at radius 3 is 2.03 bits per heavy atom. The molecule has 0 aliphatic heterocycles. The summed E-state index contributed by atoms with van der Waals surface area (Å²) in [5.41, 5.74) is 0.103. The van der Waals surface area contributed by atoms with E-state index in [1.165, 1.54) is 57.6 Å². The average Bonchev–Trinajstić information content (AvgIpc) is 2.64. The zero-order valence-corrected chi connectivity index (χ0v) is 17.7. The third kappa shape index (κ3) is 4.05. The molecule has 4 fully saturated rings. The molecule has 5 rings (SSSR count). The number of nitrogens with zero attached hydrogens (tertiary/aromatic N) is 1. The zero-order chi connectivity index (χ0) is 20.8. The standard InChI is InChI=1S/C21H28N2O5S/c1-23(2)29(26,27)18-5-3-17(4-6-18)20(25)28-13-19(24)22-21-10-14-7-15(11-21)9-16(8-14)12-21/h3-6,14-16H,7-13H2,1-2H3,(H,22,24). The van der Waals surface area contributed by atoms with E-state index in [1.54, 1.807) is 0 Å². The Balaban J connectivity index is 1.32. The molecule has 1 aromatic carbocycles. The first kappa shape index (κ1) is 20.3. The first-order valence-electron chi connectivity index (χ1n) is 10.2. The highest BCUT2D eigenvalue weighted by Gasteiger charge is 2.51. The van der Waals surface area contributed by atoms with Crippen LogP contribution in [0.5, 0.6) is 0 Å². The van der Waals surface area contributed by atoms with Crippen LogP contribution >= 0.6 is 0 Å². The average molecular weight is 421 g/mol. The van der Waals surface area contributed by atoms with Gasteiger partial charge in [0.1, 0.15) is 0 Å². The van der Waals surface area contributed by atoms with Gasteiger partial charge in [-0.25, -0.2) is 17.5 Å². The second kappa shape index (κ2) is 7.40. The van der Waals surface area contributed by atoms with E-state index < -0.39 is 16.0 Å². The number of amides is 1. The van der Waals surface area contributed by atoms with Gasteiger partial charge in [0.05, 0.1) is 10.5 Å². The second-order valence-corrected chi connectivity index (χ2v) is 11.3. The summed E-state index contributed by atoms with van der Waals surface area (Å²) in [5.74, 6) is 1.27. The Hall–Kier alpha value is -1.93. The van der Waals surface area contributed by atoms with E-state index in [0.717, 1.165) is 41.3 Å². The van der Waals surface area contributed by atoms with Gasteiger partial charge in [-0.2, -0.15) is 0 Å². The van der Waals surface area contributed by atoms with Crippen molar-refractivity contribution in [3.63, 3.8) is 0 Å². The van der Waals surface area contributed by atoms with Crippen LogP contribution in [0.2, 0.25) is 0 Å². The third-order valence-corrected chi connectivity index (χ3v) is 8.48. The van der Waals surface area contributed by atoms with E-state index in [-0.39, 0.29) is 28.5 Å². The largest absolute Gasteiger partial charge is 0.452 e. The number of esters is 1. The van der Waals surface area contributed by atoms with Crippen LogP contribution in [0.25, 0.3) is 0 Å². The SMILES string of the molecule is CN(C)S(=O)(=O)c1ccc(C(=O)OCC(=O)NC23CC4CC(CC(C4)C2)C3)cc1. The molecule has 4 aliphatic rings. The third-order valence-electron chi connectivity index (χ3n) is 6.65. The minimum Gasteiger partial charge on any atom is -0.452 e. The Morgan fingerprint density at radius 2 is 1.55 bits per heavy atom. The molecule has 0 radical (unpaired) electrons. The smallest absolute Gasteiger partial charge is 0.338 e. The summed E-state index contributed by atoms with van der Waals surface area (Å²) in [5, 5.41) is 3.17. The molecule has 1 amide bonds. The van der Waals surface area contributed by atoms with Crippen molar-refractivity contribution >= 4 is 21.9 Å². The van der Waals surface area contributed by atoms with E-state index in [0.29, 0.717) is 0 Å². The highest BCUT2D eigenvalue weighted by molar-refractivity contribution is 7.89. The Kier molecular flexibility index (Phi) is 5.19. The van der Waals surface area contributed by atoms with Crippen molar-refractivity contribution in [3.8, 4) is 0 Å². The number of ether oxygens (including phenoxy) is 1. The number of carbonyl (C=O) groups excluding carboxylic acids is 2. The molecule has 0 spiro atoms. The van der Waals surface area contributed by atoms with Crippen molar-refractivity contribution in [1.82, 2.24) is 9.62 Å². The van der Waals surface area contributed by atoms with Gasteiger partial charge in [0.25, 0.3) is 5.91 Å². The number of nitrogens with one attached hydrogen (secondary N) is 1. The summed E-state index contributed by atoms with van der Waals surface area (Å²) in [7, 11) is -0.665. The van der Waals surface area contributed by atoms with Crippen molar-refractivity contribution in [1.29, 1.82) is 0 Å². The van der Waals surface area contributed by atoms with E-state index >= 15 is 0 Å². The lowest BCUT2D eigenvalue weighted by Gasteiger charge is -2.56. The number of hydrogen-bond acceptors (Lipinski definition) is 5. The van der Waals surface area contributed by atoms with Crippen molar-refractivity contribution < 1.29 is 22.7 Å². The minimum absolute atomic E-state index is 0.0959. The van der Waals surface area contributed by atoms with Crippen LogP contribution in [-0.2, 0) is 19.6 Å². The van der Waals surface area contributed by atoms with Gasteiger partial charge in [-0.3, -0.25) is 4.79 Å². The lowest BCUT2D eigenvalue weighted by atomic mass is 9.53.